The van der Waals surface area contributed by atoms with Crippen molar-refractivity contribution in [2.75, 3.05) is 24.7 Å². The van der Waals surface area contributed by atoms with Gasteiger partial charge in [0, 0.05) is 13.7 Å². The van der Waals surface area contributed by atoms with E-state index in [4.69, 9.17) is 10.5 Å². The van der Waals surface area contributed by atoms with E-state index >= 15 is 0 Å². The van der Waals surface area contributed by atoms with Gasteiger partial charge in [0.15, 0.2) is 0 Å². The molecule has 0 amide bonds. The van der Waals surface area contributed by atoms with Crippen molar-refractivity contribution in [2.24, 2.45) is 0 Å². The highest BCUT2D eigenvalue weighted by molar-refractivity contribution is 5.74. The molecule has 1 aromatic rings. The summed E-state index contributed by atoms with van der Waals surface area (Å²) >= 11 is 0. The van der Waals surface area contributed by atoms with Crippen LogP contribution in [-0.4, -0.2) is 24.7 Å². The van der Waals surface area contributed by atoms with E-state index < -0.39 is 4.92 Å². The Morgan fingerprint density at radius 1 is 1.62 bits per heavy atom. The van der Waals surface area contributed by atoms with E-state index in [2.05, 4.69) is 5.32 Å². The first kappa shape index (κ1) is 12.3. The number of hydrogen-bond donors (Lipinski definition) is 2. The number of rotatable bonds is 5. The van der Waals surface area contributed by atoms with E-state index in [0.717, 1.165) is 0 Å². The van der Waals surface area contributed by atoms with E-state index in [-0.39, 0.29) is 17.5 Å². The van der Waals surface area contributed by atoms with Crippen LogP contribution in [-0.2, 0) is 4.74 Å². The van der Waals surface area contributed by atoms with Crippen molar-refractivity contribution in [3.05, 3.63) is 28.3 Å². The fraction of sp³-hybridized carbons (Fsp3) is 0.400. The normalized spacial score (nSPS) is 12.1. The molecule has 0 saturated carbocycles. The van der Waals surface area contributed by atoms with Gasteiger partial charge >= 0.3 is 5.69 Å². The fourth-order valence-corrected chi connectivity index (χ4v) is 1.24. The number of anilines is 2. The minimum Gasteiger partial charge on any atom is -0.393 e. The number of nitrogen functional groups attached to an aromatic ring is 1. The number of benzene rings is 1. The summed E-state index contributed by atoms with van der Waals surface area (Å²) in [6.45, 7) is 2.35. The van der Waals surface area contributed by atoms with Gasteiger partial charge in [-0.2, -0.15) is 0 Å². The molecule has 0 aliphatic heterocycles. The summed E-state index contributed by atoms with van der Waals surface area (Å²) in [5, 5.41) is 13.8. The molecule has 1 unspecified atom stereocenters. The predicted molar refractivity (Wildman–Crippen MR) is 62.5 cm³/mol. The van der Waals surface area contributed by atoms with Crippen molar-refractivity contribution in [1.29, 1.82) is 0 Å². The third kappa shape index (κ3) is 2.83. The standard InChI is InChI=1S/C10H15N3O3/c1-7(16-2)6-12-9-5-3-4-8(11)10(9)13(14)15/h3-5,7,12H,6,11H2,1-2H3. The van der Waals surface area contributed by atoms with Gasteiger partial charge in [0.1, 0.15) is 11.4 Å². The Bertz CT molecular complexity index is 382. The van der Waals surface area contributed by atoms with Crippen molar-refractivity contribution < 1.29 is 9.66 Å². The fourth-order valence-electron chi connectivity index (χ4n) is 1.24. The maximum Gasteiger partial charge on any atom is 0.314 e. The summed E-state index contributed by atoms with van der Waals surface area (Å²) in [7, 11) is 1.58. The Labute approximate surface area is 93.5 Å². The minimum atomic E-state index is -0.491. The van der Waals surface area contributed by atoms with Crippen LogP contribution in [0.25, 0.3) is 0 Å². The van der Waals surface area contributed by atoms with Gasteiger partial charge in [-0.05, 0) is 19.1 Å². The molecule has 0 heterocycles. The maximum atomic E-state index is 10.8. The second-order valence-corrected chi connectivity index (χ2v) is 3.43. The van der Waals surface area contributed by atoms with E-state index in [1.807, 2.05) is 6.92 Å². The molecule has 6 heteroatoms. The molecule has 1 rings (SSSR count). The van der Waals surface area contributed by atoms with Crippen LogP contribution < -0.4 is 11.1 Å². The maximum absolute atomic E-state index is 10.8. The van der Waals surface area contributed by atoms with Gasteiger partial charge in [0.2, 0.25) is 0 Å². The third-order valence-corrected chi connectivity index (χ3v) is 2.23. The molecule has 1 aromatic carbocycles. The van der Waals surface area contributed by atoms with Gasteiger partial charge in [-0.25, -0.2) is 0 Å². The first-order valence-electron chi connectivity index (χ1n) is 4.85. The molecule has 0 aliphatic rings. The minimum absolute atomic E-state index is 0.0268. The molecular formula is C10H15N3O3. The first-order chi connectivity index (χ1) is 7.56. The molecular weight excluding hydrogens is 210 g/mol. The zero-order valence-corrected chi connectivity index (χ0v) is 9.27. The summed E-state index contributed by atoms with van der Waals surface area (Å²) in [6.07, 6.45) is -0.0268. The van der Waals surface area contributed by atoms with Crippen molar-refractivity contribution in [3.8, 4) is 0 Å². The zero-order chi connectivity index (χ0) is 12.1. The number of para-hydroxylation sites is 1. The Morgan fingerprint density at radius 3 is 2.88 bits per heavy atom. The number of nitro groups is 1. The Kier molecular flexibility index (Phi) is 4.07. The van der Waals surface area contributed by atoms with Gasteiger partial charge in [-0.3, -0.25) is 10.1 Å². The highest BCUT2D eigenvalue weighted by Crippen LogP contribution is 2.30. The molecule has 0 aliphatic carbocycles. The van der Waals surface area contributed by atoms with Crippen molar-refractivity contribution in [2.45, 2.75) is 13.0 Å². The van der Waals surface area contributed by atoms with Crippen LogP contribution in [0.3, 0.4) is 0 Å². The molecule has 0 saturated heterocycles. The smallest absolute Gasteiger partial charge is 0.314 e. The van der Waals surface area contributed by atoms with Crippen molar-refractivity contribution in [3.63, 3.8) is 0 Å². The van der Waals surface area contributed by atoms with Gasteiger partial charge in [0.05, 0.1) is 11.0 Å². The second-order valence-electron chi connectivity index (χ2n) is 3.43. The molecule has 0 aromatic heterocycles. The Balaban J connectivity index is 2.87. The van der Waals surface area contributed by atoms with Crippen LogP contribution in [0.4, 0.5) is 17.1 Å². The average Bonchev–Trinajstić information content (AvgIpc) is 2.25. The second kappa shape index (κ2) is 5.32. The summed E-state index contributed by atoms with van der Waals surface area (Å²) in [6, 6.07) is 4.79. The lowest BCUT2D eigenvalue weighted by atomic mass is 10.2. The van der Waals surface area contributed by atoms with E-state index in [1.165, 1.54) is 6.07 Å². The van der Waals surface area contributed by atoms with Crippen LogP contribution in [0.5, 0.6) is 0 Å². The van der Waals surface area contributed by atoms with Crippen LogP contribution in [0.15, 0.2) is 18.2 Å². The number of methoxy groups -OCH3 is 1. The largest absolute Gasteiger partial charge is 0.393 e. The lowest BCUT2D eigenvalue weighted by Crippen LogP contribution is -2.18. The first-order valence-corrected chi connectivity index (χ1v) is 4.85. The number of ether oxygens (including phenoxy) is 1. The summed E-state index contributed by atoms with van der Waals surface area (Å²) in [5.74, 6) is 0. The molecule has 0 bridgehead atoms. The van der Waals surface area contributed by atoms with Crippen LogP contribution in [0, 0.1) is 10.1 Å². The molecule has 0 fully saturated rings. The van der Waals surface area contributed by atoms with Gasteiger partial charge in [0.25, 0.3) is 0 Å². The van der Waals surface area contributed by atoms with Gasteiger partial charge in [-0.1, -0.05) is 6.07 Å². The average molecular weight is 225 g/mol. The van der Waals surface area contributed by atoms with Crippen molar-refractivity contribution in [1.82, 2.24) is 0 Å². The molecule has 16 heavy (non-hydrogen) atoms. The Hall–Kier alpha value is -1.82. The van der Waals surface area contributed by atoms with Crippen molar-refractivity contribution >= 4 is 17.1 Å². The predicted octanol–water partition coefficient (Wildman–Crippen LogP) is 1.62. The van der Waals surface area contributed by atoms with E-state index in [1.54, 1.807) is 19.2 Å². The van der Waals surface area contributed by atoms with E-state index in [9.17, 15) is 10.1 Å². The van der Waals surface area contributed by atoms with Crippen LogP contribution in [0.1, 0.15) is 6.92 Å². The molecule has 3 N–H and O–H groups in total. The lowest BCUT2D eigenvalue weighted by molar-refractivity contribution is -0.383. The number of hydrogen-bond acceptors (Lipinski definition) is 5. The number of nitrogens with zero attached hydrogens (tertiary/aromatic N) is 1. The third-order valence-electron chi connectivity index (χ3n) is 2.23. The topological polar surface area (TPSA) is 90.4 Å². The zero-order valence-electron chi connectivity index (χ0n) is 9.27. The Morgan fingerprint density at radius 2 is 2.31 bits per heavy atom. The molecule has 0 spiro atoms. The summed E-state index contributed by atoms with van der Waals surface area (Å²) in [5.41, 5.74) is 6.02. The molecule has 6 nitrogen and oxygen atoms in total. The number of nitrogens with two attached hydrogens (primary N) is 1. The van der Waals surface area contributed by atoms with Gasteiger partial charge in [-0.15, -0.1) is 0 Å². The quantitative estimate of drug-likeness (QED) is 0.451. The molecule has 88 valence electrons. The monoisotopic (exact) mass is 225 g/mol. The highest BCUT2D eigenvalue weighted by Gasteiger charge is 2.17. The molecule has 1 atom stereocenters. The highest BCUT2D eigenvalue weighted by atomic mass is 16.6. The van der Waals surface area contributed by atoms with Gasteiger partial charge < -0.3 is 15.8 Å². The lowest BCUT2D eigenvalue weighted by Gasteiger charge is -2.12. The summed E-state index contributed by atoms with van der Waals surface area (Å²) < 4.78 is 5.04. The molecule has 0 radical (unpaired) electrons. The van der Waals surface area contributed by atoms with E-state index in [0.29, 0.717) is 12.2 Å². The number of nitro benzene ring substituents is 1. The number of nitrogens with one attached hydrogen (secondary N) is 1. The van der Waals surface area contributed by atoms with Crippen LogP contribution in [0.2, 0.25) is 0 Å². The van der Waals surface area contributed by atoms with Crippen LogP contribution >= 0.6 is 0 Å². The SMILES string of the molecule is COC(C)CNc1cccc(N)c1[N+](=O)[O-]. The summed E-state index contributed by atoms with van der Waals surface area (Å²) in [4.78, 5) is 10.3.